The van der Waals surface area contributed by atoms with Gasteiger partial charge in [-0.1, -0.05) is 26.0 Å². The molecule has 0 amide bonds. The van der Waals surface area contributed by atoms with E-state index in [1.807, 2.05) is 24.1 Å². The zero-order valence-electron chi connectivity index (χ0n) is 12.1. The Kier molecular flexibility index (Phi) is 6.36. The van der Waals surface area contributed by atoms with Crippen molar-refractivity contribution in [3.05, 3.63) is 29.8 Å². The first-order chi connectivity index (χ1) is 9.06. The Labute approximate surface area is 115 Å². The molecule has 0 aliphatic heterocycles. The number of anilines is 1. The molecule has 4 heteroatoms. The third kappa shape index (κ3) is 5.30. The van der Waals surface area contributed by atoms with Crippen LogP contribution in [0.1, 0.15) is 25.8 Å². The highest BCUT2D eigenvalue weighted by Gasteiger charge is 2.06. The zero-order chi connectivity index (χ0) is 14.3. The van der Waals surface area contributed by atoms with Gasteiger partial charge in [0.05, 0.1) is 6.42 Å². The van der Waals surface area contributed by atoms with Crippen LogP contribution in [0.2, 0.25) is 0 Å². The van der Waals surface area contributed by atoms with Gasteiger partial charge in [-0.2, -0.15) is 0 Å². The quantitative estimate of drug-likeness (QED) is 0.783. The van der Waals surface area contributed by atoms with E-state index < -0.39 is 5.97 Å². The lowest BCUT2D eigenvalue weighted by Gasteiger charge is -2.21. The first kappa shape index (κ1) is 15.5. The summed E-state index contributed by atoms with van der Waals surface area (Å²) in [5.41, 5.74) is 2.34. The third-order valence-electron chi connectivity index (χ3n) is 3.31. The molecule has 19 heavy (non-hydrogen) atoms. The van der Waals surface area contributed by atoms with Crippen molar-refractivity contribution in [3.8, 4) is 0 Å². The SMILES string of the molecule is CCN(CC)Cc1cccc(N(C)CCC(=O)O)c1. The molecule has 1 aromatic rings. The van der Waals surface area contributed by atoms with Gasteiger partial charge in [0.15, 0.2) is 0 Å². The molecule has 0 saturated carbocycles. The molecule has 0 unspecified atom stereocenters. The van der Waals surface area contributed by atoms with Gasteiger partial charge in [-0.25, -0.2) is 0 Å². The van der Waals surface area contributed by atoms with Crippen molar-refractivity contribution >= 4 is 11.7 Å². The molecule has 1 rings (SSSR count). The molecular weight excluding hydrogens is 240 g/mol. The smallest absolute Gasteiger partial charge is 0.305 e. The van der Waals surface area contributed by atoms with E-state index in [0.29, 0.717) is 6.54 Å². The lowest BCUT2D eigenvalue weighted by molar-refractivity contribution is -0.136. The van der Waals surface area contributed by atoms with E-state index in [1.54, 1.807) is 0 Å². The molecule has 0 bridgehead atoms. The second-order valence-corrected chi connectivity index (χ2v) is 4.70. The van der Waals surface area contributed by atoms with Crippen LogP contribution < -0.4 is 4.90 Å². The average molecular weight is 264 g/mol. The van der Waals surface area contributed by atoms with E-state index in [1.165, 1.54) is 5.56 Å². The monoisotopic (exact) mass is 264 g/mol. The van der Waals surface area contributed by atoms with Crippen molar-refractivity contribution < 1.29 is 9.90 Å². The first-order valence-corrected chi connectivity index (χ1v) is 6.81. The fourth-order valence-corrected chi connectivity index (χ4v) is 1.99. The highest BCUT2D eigenvalue weighted by molar-refractivity contribution is 5.67. The number of hydrogen-bond donors (Lipinski definition) is 1. The number of carboxylic acid groups (broad SMARTS) is 1. The Morgan fingerprint density at radius 2 is 1.95 bits per heavy atom. The van der Waals surface area contributed by atoms with Crippen molar-refractivity contribution in [1.82, 2.24) is 4.90 Å². The minimum Gasteiger partial charge on any atom is -0.481 e. The van der Waals surface area contributed by atoms with Crippen molar-refractivity contribution in [1.29, 1.82) is 0 Å². The molecule has 0 aliphatic rings. The van der Waals surface area contributed by atoms with E-state index in [9.17, 15) is 4.79 Å². The van der Waals surface area contributed by atoms with Gasteiger partial charge in [0, 0.05) is 25.8 Å². The minimum absolute atomic E-state index is 0.163. The van der Waals surface area contributed by atoms with Crippen molar-refractivity contribution in [2.45, 2.75) is 26.8 Å². The van der Waals surface area contributed by atoms with Crippen LogP contribution >= 0.6 is 0 Å². The Hall–Kier alpha value is -1.55. The lowest BCUT2D eigenvalue weighted by Crippen LogP contribution is -2.23. The van der Waals surface area contributed by atoms with Gasteiger partial charge in [-0.05, 0) is 30.8 Å². The highest BCUT2D eigenvalue weighted by Crippen LogP contribution is 2.16. The molecule has 0 aromatic heterocycles. The van der Waals surface area contributed by atoms with E-state index in [-0.39, 0.29) is 6.42 Å². The van der Waals surface area contributed by atoms with E-state index in [2.05, 4.69) is 30.9 Å². The second kappa shape index (κ2) is 7.79. The Balaban J connectivity index is 2.67. The van der Waals surface area contributed by atoms with Crippen LogP contribution in [0.3, 0.4) is 0 Å². The number of hydrogen-bond acceptors (Lipinski definition) is 3. The summed E-state index contributed by atoms with van der Waals surface area (Å²) in [5, 5.41) is 8.71. The van der Waals surface area contributed by atoms with Crippen molar-refractivity contribution in [2.24, 2.45) is 0 Å². The van der Waals surface area contributed by atoms with Gasteiger partial charge in [0.2, 0.25) is 0 Å². The fraction of sp³-hybridized carbons (Fsp3) is 0.533. The summed E-state index contributed by atoms with van der Waals surface area (Å²) < 4.78 is 0. The summed E-state index contributed by atoms with van der Waals surface area (Å²) in [6.07, 6.45) is 0.163. The molecule has 0 saturated heterocycles. The maximum atomic E-state index is 10.6. The summed E-state index contributed by atoms with van der Waals surface area (Å²) in [4.78, 5) is 14.9. The van der Waals surface area contributed by atoms with Crippen LogP contribution in [0.25, 0.3) is 0 Å². The topological polar surface area (TPSA) is 43.8 Å². The molecule has 0 aliphatic carbocycles. The predicted molar refractivity (Wildman–Crippen MR) is 78.6 cm³/mol. The Morgan fingerprint density at radius 3 is 2.53 bits per heavy atom. The number of rotatable bonds is 8. The van der Waals surface area contributed by atoms with E-state index in [0.717, 1.165) is 25.3 Å². The number of carboxylic acids is 1. The molecule has 4 nitrogen and oxygen atoms in total. The summed E-state index contributed by atoms with van der Waals surface area (Å²) >= 11 is 0. The number of nitrogens with zero attached hydrogens (tertiary/aromatic N) is 2. The van der Waals surface area contributed by atoms with Gasteiger partial charge >= 0.3 is 5.97 Å². The average Bonchev–Trinajstić information content (AvgIpc) is 2.42. The van der Waals surface area contributed by atoms with Crippen LogP contribution in [-0.4, -0.2) is 42.7 Å². The Bertz CT molecular complexity index is 403. The van der Waals surface area contributed by atoms with Gasteiger partial charge in [0.25, 0.3) is 0 Å². The molecule has 1 N–H and O–H groups in total. The largest absolute Gasteiger partial charge is 0.481 e. The van der Waals surface area contributed by atoms with Gasteiger partial charge in [0.1, 0.15) is 0 Å². The highest BCUT2D eigenvalue weighted by atomic mass is 16.4. The van der Waals surface area contributed by atoms with Crippen molar-refractivity contribution in [2.75, 3.05) is 31.6 Å². The summed E-state index contributed by atoms with van der Waals surface area (Å²) in [6, 6.07) is 8.31. The van der Waals surface area contributed by atoms with E-state index >= 15 is 0 Å². The predicted octanol–water partition coefficient (Wildman–Crippen LogP) is 2.44. The minimum atomic E-state index is -0.758. The third-order valence-corrected chi connectivity index (χ3v) is 3.31. The summed E-state index contributed by atoms with van der Waals surface area (Å²) in [6.45, 7) is 7.86. The van der Waals surface area contributed by atoms with Gasteiger partial charge in [-0.15, -0.1) is 0 Å². The number of carbonyl (C=O) groups is 1. The molecule has 0 spiro atoms. The maximum absolute atomic E-state index is 10.6. The van der Waals surface area contributed by atoms with Crippen LogP contribution in [0.5, 0.6) is 0 Å². The van der Waals surface area contributed by atoms with Crippen LogP contribution in [0.4, 0.5) is 5.69 Å². The first-order valence-electron chi connectivity index (χ1n) is 6.81. The molecule has 0 fully saturated rings. The zero-order valence-corrected chi connectivity index (χ0v) is 12.1. The fourth-order valence-electron chi connectivity index (χ4n) is 1.99. The molecule has 0 atom stereocenters. The lowest BCUT2D eigenvalue weighted by atomic mass is 10.1. The number of aliphatic carboxylic acids is 1. The van der Waals surface area contributed by atoms with E-state index in [4.69, 9.17) is 5.11 Å². The van der Waals surface area contributed by atoms with Crippen LogP contribution in [0, 0.1) is 0 Å². The summed E-state index contributed by atoms with van der Waals surface area (Å²) in [7, 11) is 1.93. The molecule has 106 valence electrons. The Morgan fingerprint density at radius 1 is 1.26 bits per heavy atom. The second-order valence-electron chi connectivity index (χ2n) is 4.70. The summed E-state index contributed by atoms with van der Waals surface area (Å²) in [5.74, 6) is -0.758. The molecule has 0 heterocycles. The molecular formula is C15H24N2O2. The van der Waals surface area contributed by atoms with Crippen LogP contribution in [0.15, 0.2) is 24.3 Å². The normalized spacial score (nSPS) is 10.7. The van der Waals surface area contributed by atoms with Gasteiger partial charge < -0.3 is 10.0 Å². The number of benzene rings is 1. The standard InChI is InChI=1S/C15H24N2O2/c1-4-17(5-2)12-13-7-6-8-14(11-13)16(3)10-9-15(18)19/h6-8,11H,4-5,9-10,12H2,1-3H3,(H,18,19). The molecule has 1 aromatic carbocycles. The van der Waals surface area contributed by atoms with Gasteiger partial charge in [-0.3, -0.25) is 9.69 Å². The van der Waals surface area contributed by atoms with Crippen LogP contribution in [-0.2, 0) is 11.3 Å². The van der Waals surface area contributed by atoms with Crippen molar-refractivity contribution in [3.63, 3.8) is 0 Å². The molecule has 0 radical (unpaired) electrons. The maximum Gasteiger partial charge on any atom is 0.305 e.